The molecule has 0 aromatic heterocycles. The fourth-order valence-electron chi connectivity index (χ4n) is 8.08. The van der Waals surface area contributed by atoms with Gasteiger partial charge in [0.25, 0.3) is 0 Å². The number of Topliss-reactive ketones (excluding diaryl/α,β-unsaturated/α-hetero) is 1. The Morgan fingerprint density at radius 1 is 0.404 bits per heavy atom. The molecule has 0 aromatic carbocycles. The van der Waals surface area contributed by atoms with Crippen LogP contribution in [0.25, 0.3) is 0 Å². The molecule has 0 aliphatic carbocycles. The lowest BCUT2D eigenvalue weighted by Crippen LogP contribution is -2.37. The molecule has 0 spiro atoms. The summed E-state index contributed by atoms with van der Waals surface area (Å²) in [5, 5.41) is 12.9. The number of aliphatic hydroxyl groups excluding tert-OH is 1. The van der Waals surface area contributed by atoms with E-state index < -0.39 is 0 Å². The number of carbonyl (C=O) groups excluding carboxylic acids is 2. The number of hydrogen-bond donors (Lipinski definition) is 2. The maximum atomic E-state index is 12.4. The molecule has 0 bridgehead atoms. The highest BCUT2D eigenvalue weighted by molar-refractivity contribution is 5.78. The quantitative estimate of drug-likeness (QED) is 0.0476. The summed E-state index contributed by atoms with van der Waals surface area (Å²) in [6.45, 7) is 4.60. The molecule has 4 nitrogen and oxygen atoms in total. The van der Waals surface area contributed by atoms with Crippen molar-refractivity contribution in [2.24, 2.45) is 0 Å². The second-order valence-corrected chi connectivity index (χ2v) is 17.8. The zero-order valence-electron chi connectivity index (χ0n) is 38.8. The van der Waals surface area contributed by atoms with Crippen LogP contribution in [-0.4, -0.2) is 29.4 Å². The monoisotopic (exact) mass is 800 g/mol. The normalized spacial score (nSPS) is 12.3. The van der Waals surface area contributed by atoms with Crippen molar-refractivity contribution in [1.29, 1.82) is 0 Å². The molecule has 1 amide bonds. The van der Waals surface area contributed by atoms with Crippen molar-refractivity contribution in [1.82, 2.24) is 5.32 Å². The fraction of sp³-hybridized carbons (Fsp3) is 0.887. The van der Waals surface area contributed by atoms with E-state index in [2.05, 4.69) is 43.5 Å². The number of aliphatic hydroxyl groups is 1. The third-order valence-electron chi connectivity index (χ3n) is 12.0. The van der Waals surface area contributed by atoms with Gasteiger partial charge in [0, 0.05) is 19.3 Å². The van der Waals surface area contributed by atoms with Crippen LogP contribution >= 0.6 is 0 Å². The number of nitrogens with one attached hydrogen (secondary N) is 1. The summed E-state index contributed by atoms with van der Waals surface area (Å²) in [6, 6.07) is -0.0719. The Bertz CT molecular complexity index is 866. The first-order valence-corrected chi connectivity index (χ1v) is 25.9. The minimum absolute atomic E-state index is 0.0569. The van der Waals surface area contributed by atoms with E-state index in [-0.39, 0.29) is 18.6 Å². The maximum absolute atomic E-state index is 12.4. The van der Waals surface area contributed by atoms with Crippen LogP contribution in [0.3, 0.4) is 0 Å². The Balaban J connectivity index is 3.40. The molecule has 57 heavy (non-hydrogen) atoms. The number of hydrogen-bond acceptors (Lipinski definition) is 3. The van der Waals surface area contributed by atoms with Crippen molar-refractivity contribution >= 4 is 11.7 Å². The standard InChI is InChI=1S/C53H101NO3/c1-3-5-7-9-11-13-15-17-19-21-22-26-30-34-38-42-46-51(50-55)54-53(57)49-45-41-37-33-29-25-24-28-32-36-40-44-48-52(56)47-43-39-35-31-27-23-20-18-16-14-12-10-8-6-4-2/h12,14,18,20,51,55H,3-11,13,15-17,19,21-50H2,1-2H3,(H,54,57)/b14-12-,20-18-/t51-/m1/s1. The van der Waals surface area contributed by atoms with Gasteiger partial charge in [-0.15, -0.1) is 0 Å². The van der Waals surface area contributed by atoms with Crippen molar-refractivity contribution in [3.05, 3.63) is 24.3 Å². The van der Waals surface area contributed by atoms with Crippen LogP contribution in [0, 0.1) is 0 Å². The zero-order chi connectivity index (χ0) is 41.4. The number of ketones is 1. The summed E-state index contributed by atoms with van der Waals surface area (Å²) in [6.07, 6.45) is 62.5. The Kier molecular flexibility index (Phi) is 47.7. The Morgan fingerprint density at radius 3 is 1.12 bits per heavy atom. The van der Waals surface area contributed by atoms with E-state index in [4.69, 9.17) is 0 Å². The van der Waals surface area contributed by atoms with Gasteiger partial charge < -0.3 is 10.4 Å². The van der Waals surface area contributed by atoms with Gasteiger partial charge in [-0.3, -0.25) is 9.59 Å². The van der Waals surface area contributed by atoms with Gasteiger partial charge in [-0.05, 0) is 57.8 Å². The number of rotatable bonds is 48. The topological polar surface area (TPSA) is 66.4 Å². The van der Waals surface area contributed by atoms with Gasteiger partial charge in [0.05, 0.1) is 12.6 Å². The average Bonchev–Trinajstić information content (AvgIpc) is 3.21. The summed E-state index contributed by atoms with van der Waals surface area (Å²) in [5.41, 5.74) is 0. The van der Waals surface area contributed by atoms with Gasteiger partial charge in [-0.2, -0.15) is 0 Å². The second-order valence-electron chi connectivity index (χ2n) is 17.8. The lowest BCUT2D eigenvalue weighted by atomic mass is 10.0. The highest BCUT2D eigenvalue weighted by atomic mass is 16.3. The van der Waals surface area contributed by atoms with Crippen molar-refractivity contribution in [3.63, 3.8) is 0 Å². The second kappa shape index (κ2) is 48.9. The van der Waals surface area contributed by atoms with Crippen LogP contribution in [0.5, 0.6) is 0 Å². The van der Waals surface area contributed by atoms with Gasteiger partial charge in [0.15, 0.2) is 0 Å². The minimum atomic E-state index is -0.0719. The van der Waals surface area contributed by atoms with Gasteiger partial charge in [-0.25, -0.2) is 0 Å². The molecule has 336 valence electrons. The third-order valence-corrected chi connectivity index (χ3v) is 12.0. The van der Waals surface area contributed by atoms with E-state index in [0.717, 1.165) is 57.8 Å². The summed E-state index contributed by atoms with van der Waals surface area (Å²) in [5.74, 6) is 0.600. The molecule has 0 aliphatic rings. The zero-order valence-corrected chi connectivity index (χ0v) is 38.8. The molecule has 0 fully saturated rings. The first-order valence-electron chi connectivity index (χ1n) is 25.9. The highest BCUT2D eigenvalue weighted by Crippen LogP contribution is 2.17. The predicted molar refractivity (Wildman–Crippen MR) is 252 cm³/mol. The average molecular weight is 800 g/mol. The molecule has 0 saturated heterocycles. The van der Waals surface area contributed by atoms with Gasteiger partial charge in [0.1, 0.15) is 5.78 Å². The Labute approximate surface area is 357 Å². The van der Waals surface area contributed by atoms with Crippen molar-refractivity contribution < 1.29 is 14.7 Å². The summed E-state index contributed by atoms with van der Waals surface area (Å²) < 4.78 is 0. The highest BCUT2D eigenvalue weighted by Gasteiger charge is 2.11. The third kappa shape index (κ3) is 47.1. The van der Waals surface area contributed by atoms with Crippen LogP contribution in [0.15, 0.2) is 24.3 Å². The number of carbonyl (C=O) groups is 2. The van der Waals surface area contributed by atoms with E-state index >= 15 is 0 Å². The molecule has 0 aromatic rings. The van der Waals surface area contributed by atoms with Crippen molar-refractivity contribution in [2.45, 2.75) is 296 Å². The fourth-order valence-corrected chi connectivity index (χ4v) is 8.08. The summed E-state index contributed by atoms with van der Waals surface area (Å²) >= 11 is 0. The van der Waals surface area contributed by atoms with E-state index in [1.165, 1.54) is 212 Å². The van der Waals surface area contributed by atoms with Crippen LogP contribution in [0.4, 0.5) is 0 Å². The molecule has 1 atom stereocenters. The van der Waals surface area contributed by atoms with Gasteiger partial charge in [-0.1, -0.05) is 237 Å². The molecule has 0 radical (unpaired) electrons. The molecule has 4 heteroatoms. The molecule has 2 N–H and O–H groups in total. The number of allylic oxidation sites excluding steroid dienone is 4. The van der Waals surface area contributed by atoms with Crippen LogP contribution < -0.4 is 5.32 Å². The van der Waals surface area contributed by atoms with Crippen molar-refractivity contribution in [3.8, 4) is 0 Å². The maximum Gasteiger partial charge on any atom is 0.220 e. The molecule has 0 rings (SSSR count). The minimum Gasteiger partial charge on any atom is -0.394 e. The molecular formula is C53H101NO3. The number of unbranched alkanes of at least 4 members (excludes halogenated alkanes) is 34. The molecular weight excluding hydrogens is 699 g/mol. The predicted octanol–water partition coefficient (Wildman–Crippen LogP) is 17.0. The lowest BCUT2D eigenvalue weighted by molar-refractivity contribution is -0.122. The Morgan fingerprint density at radius 2 is 0.719 bits per heavy atom. The Hall–Kier alpha value is -1.42. The molecule has 0 unspecified atom stereocenters. The van der Waals surface area contributed by atoms with Crippen molar-refractivity contribution in [2.75, 3.05) is 6.61 Å². The van der Waals surface area contributed by atoms with Crippen LogP contribution in [-0.2, 0) is 9.59 Å². The number of amides is 1. The SMILES string of the molecule is CCCCC/C=C\C/C=C\CCCCCCCC(=O)CCCCCCCCCCCCCCC(=O)N[C@@H](CO)CCCCCCCCCCCCCCCCCC. The lowest BCUT2D eigenvalue weighted by Gasteiger charge is -2.16. The van der Waals surface area contributed by atoms with Crippen LogP contribution in [0.2, 0.25) is 0 Å². The molecule has 0 aliphatic heterocycles. The van der Waals surface area contributed by atoms with E-state index in [1.54, 1.807) is 0 Å². The van der Waals surface area contributed by atoms with E-state index in [0.29, 0.717) is 12.2 Å². The van der Waals surface area contributed by atoms with Gasteiger partial charge in [0.2, 0.25) is 5.91 Å². The first kappa shape index (κ1) is 55.6. The smallest absolute Gasteiger partial charge is 0.220 e. The largest absolute Gasteiger partial charge is 0.394 e. The molecule has 0 saturated carbocycles. The van der Waals surface area contributed by atoms with Gasteiger partial charge >= 0.3 is 0 Å². The van der Waals surface area contributed by atoms with Crippen LogP contribution in [0.1, 0.15) is 290 Å². The summed E-state index contributed by atoms with van der Waals surface area (Å²) in [4.78, 5) is 24.7. The van der Waals surface area contributed by atoms with E-state index in [9.17, 15) is 14.7 Å². The summed E-state index contributed by atoms with van der Waals surface area (Å²) in [7, 11) is 0. The molecule has 0 heterocycles. The van der Waals surface area contributed by atoms with E-state index in [1.807, 2.05) is 0 Å². The first-order chi connectivity index (χ1) is 28.1.